The zero-order chi connectivity index (χ0) is 11.9. The Bertz CT molecular complexity index is 433. The Balaban J connectivity index is 2.17. The van der Waals surface area contributed by atoms with Crippen molar-refractivity contribution in [1.29, 1.82) is 0 Å². The van der Waals surface area contributed by atoms with E-state index in [-0.39, 0.29) is 0 Å². The molecule has 1 spiro atoms. The third-order valence-electron chi connectivity index (χ3n) is 4.72. The number of aromatic nitrogens is 1. The van der Waals surface area contributed by atoms with Crippen molar-refractivity contribution in [3.63, 3.8) is 0 Å². The monoisotopic (exact) mass is 231 g/mol. The summed E-state index contributed by atoms with van der Waals surface area (Å²) in [4.78, 5) is 4.63. The van der Waals surface area contributed by atoms with E-state index in [1.165, 1.54) is 49.8 Å². The largest absolute Gasteiger partial charge is 0.495 e. The van der Waals surface area contributed by atoms with Crippen molar-refractivity contribution in [2.45, 2.75) is 57.3 Å². The number of aryl methyl sites for hydroxylation is 1. The van der Waals surface area contributed by atoms with E-state index in [9.17, 15) is 0 Å². The summed E-state index contributed by atoms with van der Waals surface area (Å²) in [5, 5.41) is 0. The first-order chi connectivity index (χ1) is 8.30. The minimum Gasteiger partial charge on any atom is -0.495 e. The van der Waals surface area contributed by atoms with Gasteiger partial charge in [0.1, 0.15) is 5.75 Å². The molecule has 1 aromatic rings. The van der Waals surface area contributed by atoms with Crippen LogP contribution in [-0.4, -0.2) is 12.1 Å². The van der Waals surface area contributed by atoms with Crippen molar-refractivity contribution in [1.82, 2.24) is 4.98 Å². The van der Waals surface area contributed by atoms with Gasteiger partial charge >= 0.3 is 0 Å². The highest BCUT2D eigenvalue weighted by Crippen LogP contribution is 2.52. The number of rotatable bonds is 2. The maximum absolute atomic E-state index is 5.50. The highest BCUT2D eigenvalue weighted by Gasteiger charge is 2.43. The standard InChI is InChI=1S/C15H21NO/c1-3-12-14-11(13(17-2)10-16-12)6-9-15(14)7-4-5-8-15/h10H,3-9H2,1-2H3. The van der Waals surface area contributed by atoms with Crippen molar-refractivity contribution in [3.05, 3.63) is 23.0 Å². The highest BCUT2D eigenvalue weighted by molar-refractivity contribution is 5.49. The van der Waals surface area contributed by atoms with Crippen molar-refractivity contribution in [2.75, 3.05) is 7.11 Å². The maximum atomic E-state index is 5.50. The van der Waals surface area contributed by atoms with E-state index in [0.29, 0.717) is 5.41 Å². The van der Waals surface area contributed by atoms with Crippen LogP contribution < -0.4 is 4.74 Å². The average Bonchev–Trinajstić information content (AvgIpc) is 2.98. The Morgan fingerprint density at radius 2 is 2.06 bits per heavy atom. The molecule has 0 amide bonds. The molecule has 0 aromatic carbocycles. The summed E-state index contributed by atoms with van der Waals surface area (Å²) >= 11 is 0. The Kier molecular flexibility index (Phi) is 2.61. The van der Waals surface area contributed by atoms with Gasteiger partial charge in [-0.25, -0.2) is 0 Å². The summed E-state index contributed by atoms with van der Waals surface area (Å²) in [7, 11) is 1.77. The molecule has 17 heavy (non-hydrogen) atoms. The number of hydrogen-bond acceptors (Lipinski definition) is 2. The van der Waals surface area contributed by atoms with Gasteiger partial charge in [-0.2, -0.15) is 0 Å². The highest BCUT2D eigenvalue weighted by atomic mass is 16.5. The van der Waals surface area contributed by atoms with Gasteiger partial charge in [0.25, 0.3) is 0 Å². The molecular formula is C15H21NO. The minimum absolute atomic E-state index is 0.461. The molecule has 1 aromatic heterocycles. The van der Waals surface area contributed by atoms with Gasteiger partial charge in [0.15, 0.2) is 0 Å². The Morgan fingerprint density at radius 3 is 2.71 bits per heavy atom. The molecule has 0 saturated heterocycles. The van der Waals surface area contributed by atoms with Gasteiger partial charge in [-0.05, 0) is 43.1 Å². The van der Waals surface area contributed by atoms with Crippen LogP contribution in [0.15, 0.2) is 6.20 Å². The van der Waals surface area contributed by atoms with Crippen LogP contribution in [0, 0.1) is 0 Å². The van der Waals surface area contributed by atoms with Crippen molar-refractivity contribution in [2.24, 2.45) is 0 Å². The van der Waals surface area contributed by atoms with Gasteiger partial charge in [0, 0.05) is 11.3 Å². The van der Waals surface area contributed by atoms with Gasteiger partial charge in [0.05, 0.1) is 13.3 Å². The fourth-order valence-electron chi connectivity index (χ4n) is 3.94. The normalized spacial score (nSPS) is 20.8. The number of methoxy groups -OCH3 is 1. The molecule has 1 saturated carbocycles. The van der Waals surface area contributed by atoms with E-state index in [2.05, 4.69) is 11.9 Å². The Labute approximate surface area is 103 Å². The van der Waals surface area contributed by atoms with Gasteiger partial charge in [0.2, 0.25) is 0 Å². The number of ether oxygens (including phenoxy) is 1. The average molecular weight is 231 g/mol. The molecule has 3 rings (SSSR count). The van der Waals surface area contributed by atoms with E-state index >= 15 is 0 Å². The van der Waals surface area contributed by atoms with Crippen LogP contribution in [0.4, 0.5) is 0 Å². The summed E-state index contributed by atoms with van der Waals surface area (Å²) in [6.45, 7) is 2.22. The van der Waals surface area contributed by atoms with E-state index in [0.717, 1.165) is 12.2 Å². The van der Waals surface area contributed by atoms with Crippen LogP contribution in [-0.2, 0) is 18.3 Å². The fraction of sp³-hybridized carbons (Fsp3) is 0.667. The fourth-order valence-corrected chi connectivity index (χ4v) is 3.94. The molecule has 2 nitrogen and oxygen atoms in total. The first kappa shape index (κ1) is 11.1. The van der Waals surface area contributed by atoms with Gasteiger partial charge in [-0.15, -0.1) is 0 Å². The van der Waals surface area contributed by atoms with Crippen LogP contribution in [0.5, 0.6) is 5.75 Å². The predicted molar refractivity (Wildman–Crippen MR) is 68.6 cm³/mol. The first-order valence-corrected chi connectivity index (χ1v) is 6.86. The molecule has 1 fully saturated rings. The number of pyridine rings is 1. The van der Waals surface area contributed by atoms with E-state index in [1.54, 1.807) is 12.7 Å². The first-order valence-electron chi connectivity index (χ1n) is 6.86. The Hall–Kier alpha value is -1.05. The second-order valence-electron chi connectivity index (χ2n) is 5.47. The molecule has 0 radical (unpaired) electrons. The molecule has 0 unspecified atom stereocenters. The third-order valence-corrected chi connectivity index (χ3v) is 4.72. The molecule has 1 heterocycles. The molecule has 0 aliphatic heterocycles. The summed E-state index contributed by atoms with van der Waals surface area (Å²) in [6.07, 6.45) is 11.0. The third kappa shape index (κ3) is 1.50. The zero-order valence-corrected chi connectivity index (χ0v) is 10.9. The number of nitrogens with zero attached hydrogens (tertiary/aromatic N) is 1. The lowest BCUT2D eigenvalue weighted by Crippen LogP contribution is -2.20. The van der Waals surface area contributed by atoms with Crippen LogP contribution in [0.25, 0.3) is 0 Å². The molecule has 2 heteroatoms. The van der Waals surface area contributed by atoms with Crippen molar-refractivity contribution in [3.8, 4) is 5.75 Å². The summed E-state index contributed by atoms with van der Waals surface area (Å²) < 4.78 is 5.50. The van der Waals surface area contributed by atoms with Gasteiger partial charge < -0.3 is 4.74 Å². The summed E-state index contributed by atoms with van der Waals surface area (Å²) in [6, 6.07) is 0. The van der Waals surface area contributed by atoms with Crippen LogP contribution in [0.3, 0.4) is 0 Å². The molecular weight excluding hydrogens is 210 g/mol. The van der Waals surface area contributed by atoms with E-state index in [4.69, 9.17) is 4.74 Å². The molecule has 0 N–H and O–H groups in total. The van der Waals surface area contributed by atoms with E-state index in [1.807, 2.05) is 6.20 Å². The second-order valence-corrected chi connectivity index (χ2v) is 5.47. The zero-order valence-electron chi connectivity index (χ0n) is 10.9. The predicted octanol–water partition coefficient (Wildman–Crippen LogP) is 3.41. The number of fused-ring (bicyclic) bond motifs is 2. The van der Waals surface area contributed by atoms with Gasteiger partial charge in [-0.3, -0.25) is 4.98 Å². The minimum atomic E-state index is 0.461. The van der Waals surface area contributed by atoms with Crippen LogP contribution >= 0.6 is 0 Å². The lowest BCUT2D eigenvalue weighted by molar-refractivity contribution is 0.407. The summed E-state index contributed by atoms with van der Waals surface area (Å²) in [5.41, 5.74) is 4.81. The van der Waals surface area contributed by atoms with Crippen LogP contribution in [0.1, 0.15) is 55.8 Å². The second kappa shape index (κ2) is 4.01. The lowest BCUT2D eigenvalue weighted by atomic mass is 9.79. The van der Waals surface area contributed by atoms with E-state index < -0.39 is 0 Å². The molecule has 0 atom stereocenters. The Morgan fingerprint density at radius 1 is 1.29 bits per heavy atom. The maximum Gasteiger partial charge on any atom is 0.140 e. The molecule has 2 aliphatic carbocycles. The molecule has 2 aliphatic rings. The molecule has 0 bridgehead atoms. The number of hydrogen-bond donors (Lipinski definition) is 0. The topological polar surface area (TPSA) is 22.1 Å². The smallest absolute Gasteiger partial charge is 0.140 e. The van der Waals surface area contributed by atoms with Crippen molar-refractivity contribution < 1.29 is 4.74 Å². The van der Waals surface area contributed by atoms with Crippen molar-refractivity contribution >= 4 is 0 Å². The SMILES string of the molecule is CCc1ncc(OC)c2c1C1(CCCC1)CC2. The lowest BCUT2D eigenvalue weighted by Gasteiger charge is -2.26. The summed E-state index contributed by atoms with van der Waals surface area (Å²) in [5.74, 6) is 1.01. The molecule has 92 valence electrons. The van der Waals surface area contributed by atoms with Gasteiger partial charge in [-0.1, -0.05) is 19.8 Å². The quantitative estimate of drug-likeness (QED) is 0.778. The van der Waals surface area contributed by atoms with Crippen LogP contribution in [0.2, 0.25) is 0 Å².